The van der Waals surface area contributed by atoms with Crippen LogP contribution in [-0.2, 0) is 0 Å². The van der Waals surface area contributed by atoms with Crippen LogP contribution in [0.1, 0.15) is 73.1 Å². The number of quaternary nitrogens is 1. The molecule has 0 aromatic carbocycles. The zero-order chi connectivity index (χ0) is 15.5. The molecule has 0 aromatic rings. The van der Waals surface area contributed by atoms with Gasteiger partial charge in [-0.1, -0.05) is 34.6 Å². The third-order valence-electron chi connectivity index (χ3n) is 8.44. The highest BCUT2D eigenvalue weighted by molar-refractivity contribution is 5.28. The van der Waals surface area contributed by atoms with E-state index in [0.717, 1.165) is 11.3 Å². The van der Waals surface area contributed by atoms with Crippen LogP contribution in [0.3, 0.4) is 0 Å². The topological polar surface area (TPSA) is 0 Å². The van der Waals surface area contributed by atoms with Crippen LogP contribution in [0, 0.1) is 27.6 Å². The number of hydrogen-bond acceptors (Lipinski definition) is 0. The van der Waals surface area contributed by atoms with Crippen LogP contribution in [0.5, 0.6) is 0 Å². The van der Waals surface area contributed by atoms with Crippen molar-refractivity contribution in [2.24, 2.45) is 27.6 Å². The van der Waals surface area contributed by atoms with Crippen LogP contribution >= 0.6 is 0 Å². The maximum Gasteiger partial charge on any atom is 0.100 e. The summed E-state index contributed by atoms with van der Waals surface area (Å²) in [5, 5.41) is 0. The zero-order valence-corrected chi connectivity index (χ0v) is 15.5. The third-order valence-corrected chi connectivity index (χ3v) is 8.44. The van der Waals surface area contributed by atoms with Crippen molar-refractivity contribution in [3.8, 4) is 0 Å². The van der Waals surface area contributed by atoms with Gasteiger partial charge < -0.3 is 4.48 Å². The molecule has 0 saturated heterocycles. The summed E-state index contributed by atoms with van der Waals surface area (Å²) in [6.45, 7) is 13.9. The molecule has 5 atom stereocenters. The molecule has 3 bridgehead atoms. The van der Waals surface area contributed by atoms with Gasteiger partial charge in [-0.25, -0.2) is 0 Å². The molecule has 4 aliphatic carbocycles. The Hall–Kier alpha value is -0.0400. The van der Waals surface area contributed by atoms with Gasteiger partial charge in [0.05, 0.1) is 20.6 Å². The summed E-state index contributed by atoms with van der Waals surface area (Å²) in [6, 6.07) is 0. The fourth-order valence-corrected chi connectivity index (χ4v) is 8.45. The number of hydrogen-bond donors (Lipinski definition) is 0. The highest BCUT2D eigenvalue weighted by Crippen LogP contribution is 2.85. The van der Waals surface area contributed by atoms with Gasteiger partial charge in [0.15, 0.2) is 0 Å². The van der Waals surface area contributed by atoms with Crippen LogP contribution in [0.15, 0.2) is 0 Å². The van der Waals surface area contributed by atoms with Gasteiger partial charge in [-0.3, -0.25) is 0 Å². The molecule has 0 amide bonds. The van der Waals surface area contributed by atoms with E-state index in [4.69, 9.17) is 0 Å². The van der Waals surface area contributed by atoms with Crippen molar-refractivity contribution in [3.05, 3.63) is 0 Å². The Morgan fingerprint density at radius 2 is 1.62 bits per heavy atom. The molecule has 0 aromatic heterocycles. The van der Waals surface area contributed by atoms with Gasteiger partial charge in [0.2, 0.25) is 0 Å². The zero-order valence-electron chi connectivity index (χ0n) is 15.5. The van der Waals surface area contributed by atoms with E-state index in [2.05, 4.69) is 48.7 Å². The molecule has 1 heteroatoms. The van der Waals surface area contributed by atoms with E-state index in [1.807, 2.05) is 0 Å². The van der Waals surface area contributed by atoms with Crippen molar-refractivity contribution >= 4 is 0 Å². The van der Waals surface area contributed by atoms with Gasteiger partial charge in [-0.2, -0.15) is 0 Å². The molecule has 1 nitrogen and oxygen atoms in total. The lowest BCUT2D eigenvalue weighted by Crippen LogP contribution is -2.63. The van der Waals surface area contributed by atoms with Gasteiger partial charge in [-0.15, -0.1) is 0 Å². The molecule has 4 rings (SSSR count). The maximum absolute atomic E-state index is 2.65. The summed E-state index contributed by atoms with van der Waals surface area (Å²) in [6.07, 6.45) is 9.18. The van der Waals surface area contributed by atoms with Crippen LogP contribution in [0.25, 0.3) is 0 Å². The molecule has 0 radical (unpaired) electrons. The average Bonchev–Trinajstić information content (AvgIpc) is 2.48. The molecule has 1 spiro atoms. The Bertz CT molecular complexity index is 496. The minimum absolute atomic E-state index is 0.426. The van der Waals surface area contributed by atoms with E-state index < -0.39 is 0 Å². The second-order valence-electron chi connectivity index (χ2n) is 12.0. The normalized spacial score (nSPS) is 54.7. The number of nitrogens with zero attached hydrogens (tertiary/aromatic N) is 1. The molecule has 4 fully saturated rings. The molecule has 0 heterocycles. The first kappa shape index (κ1) is 14.5. The van der Waals surface area contributed by atoms with Gasteiger partial charge in [0.25, 0.3) is 0 Å². The SMILES string of the molecule is CC(C)(C)C[N+](C)(C)C12CC3(C)CC4CC(C)(C1)C4(C3)C2. The van der Waals surface area contributed by atoms with Crippen molar-refractivity contribution in [2.45, 2.75) is 78.7 Å². The van der Waals surface area contributed by atoms with Crippen molar-refractivity contribution in [2.75, 3.05) is 20.6 Å². The Labute approximate surface area is 132 Å². The summed E-state index contributed by atoms with van der Waals surface area (Å²) < 4.78 is 1.26. The van der Waals surface area contributed by atoms with Gasteiger partial charge in [0.1, 0.15) is 5.54 Å². The maximum atomic E-state index is 2.65. The van der Waals surface area contributed by atoms with E-state index in [1.54, 1.807) is 25.7 Å². The molecule has 0 N–H and O–H groups in total. The van der Waals surface area contributed by atoms with E-state index in [1.165, 1.54) is 23.9 Å². The second kappa shape index (κ2) is 3.40. The molecular formula is C20H36N+. The smallest absolute Gasteiger partial charge is 0.100 e. The Kier molecular flexibility index (Phi) is 2.35. The molecule has 4 saturated carbocycles. The largest absolute Gasteiger partial charge is 0.323 e. The lowest BCUT2D eigenvalue weighted by Gasteiger charge is -2.57. The summed E-state index contributed by atoms with van der Waals surface area (Å²) >= 11 is 0. The molecule has 0 aliphatic heterocycles. The summed E-state index contributed by atoms with van der Waals surface area (Å²) in [5.41, 5.74) is 3.08. The molecular weight excluding hydrogens is 254 g/mol. The van der Waals surface area contributed by atoms with Gasteiger partial charge in [-0.05, 0) is 41.4 Å². The Morgan fingerprint density at radius 3 is 2.24 bits per heavy atom. The van der Waals surface area contributed by atoms with Crippen molar-refractivity contribution in [3.63, 3.8) is 0 Å². The minimum atomic E-state index is 0.426. The standard InChI is InChI=1S/C20H36N/c1-16(2,3)14-21(6,7)19-10-17(4)8-15-9-18(5,12-19)20(15,11-17)13-19/h15H,8-14H2,1-7H3/q+1. The summed E-state index contributed by atoms with van der Waals surface area (Å²) in [4.78, 5) is 0. The fraction of sp³-hybridized carbons (Fsp3) is 1.00. The quantitative estimate of drug-likeness (QED) is 0.637. The molecule has 21 heavy (non-hydrogen) atoms. The molecule has 5 unspecified atom stereocenters. The van der Waals surface area contributed by atoms with E-state index >= 15 is 0 Å². The first-order chi connectivity index (χ1) is 9.35. The fourth-order valence-electron chi connectivity index (χ4n) is 8.45. The Balaban J connectivity index is 1.76. The van der Waals surface area contributed by atoms with Crippen LogP contribution in [0.2, 0.25) is 0 Å². The van der Waals surface area contributed by atoms with E-state index in [9.17, 15) is 0 Å². The number of fused-ring (bicyclic) bond motifs is 2. The summed E-state index contributed by atoms with van der Waals surface area (Å²) in [5.74, 6) is 1.08. The molecule has 4 aliphatic rings. The van der Waals surface area contributed by atoms with Gasteiger partial charge in [0, 0.05) is 24.7 Å². The predicted octanol–water partition coefficient (Wildman–Crippen LogP) is 4.86. The van der Waals surface area contributed by atoms with Crippen LogP contribution in [-0.4, -0.2) is 30.7 Å². The third kappa shape index (κ3) is 1.57. The first-order valence-electron chi connectivity index (χ1n) is 9.18. The van der Waals surface area contributed by atoms with Crippen LogP contribution in [0.4, 0.5) is 0 Å². The van der Waals surface area contributed by atoms with Gasteiger partial charge >= 0.3 is 0 Å². The lowest BCUT2D eigenvalue weighted by molar-refractivity contribution is -0.949. The van der Waals surface area contributed by atoms with Crippen molar-refractivity contribution < 1.29 is 4.48 Å². The molecule has 120 valence electrons. The van der Waals surface area contributed by atoms with Crippen molar-refractivity contribution in [1.82, 2.24) is 0 Å². The predicted molar refractivity (Wildman–Crippen MR) is 89.0 cm³/mol. The van der Waals surface area contributed by atoms with Crippen LogP contribution < -0.4 is 0 Å². The monoisotopic (exact) mass is 290 g/mol. The highest BCUT2D eigenvalue weighted by Gasteiger charge is 2.81. The first-order valence-corrected chi connectivity index (χ1v) is 9.18. The number of rotatable bonds is 2. The lowest BCUT2D eigenvalue weighted by atomic mass is 9.47. The average molecular weight is 291 g/mol. The van der Waals surface area contributed by atoms with Crippen molar-refractivity contribution in [1.29, 1.82) is 0 Å². The second-order valence-corrected chi connectivity index (χ2v) is 12.0. The highest BCUT2D eigenvalue weighted by atomic mass is 15.4. The Morgan fingerprint density at radius 1 is 0.952 bits per heavy atom. The van der Waals surface area contributed by atoms with E-state index in [-0.39, 0.29) is 0 Å². The summed E-state index contributed by atoms with van der Waals surface area (Å²) in [7, 11) is 5.11. The minimum Gasteiger partial charge on any atom is -0.323 e. The van der Waals surface area contributed by atoms with E-state index in [0.29, 0.717) is 21.8 Å².